The van der Waals surface area contributed by atoms with Gasteiger partial charge >= 0.3 is 0 Å². The second kappa shape index (κ2) is 9.31. The fraction of sp³-hybridized carbons (Fsp3) is 0.250. The van der Waals surface area contributed by atoms with E-state index in [0.29, 0.717) is 17.7 Å². The van der Waals surface area contributed by atoms with Crippen molar-refractivity contribution in [2.24, 2.45) is 5.92 Å². The summed E-state index contributed by atoms with van der Waals surface area (Å²) >= 11 is 3.38. The Morgan fingerprint density at radius 3 is 2.45 bits per heavy atom. The van der Waals surface area contributed by atoms with Gasteiger partial charge in [-0.3, -0.25) is 9.78 Å². The largest absolute Gasteiger partial charge is 0.326 e. The van der Waals surface area contributed by atoms with Crippen LogP contribution >= 0.6 is 15.9 Å². The number of rotatable bonds is 6. The van der Waals surface area contributed by atoms with Gasteiger partial charge in [0.2, 0.25) is 5.91 Å². The number of carbonyl (C=O) groups is 1. The fourth-order valence-electron chi connectivity index (χ4n) is 3.33. The topological polar surface area (TPSA) is 42.0 Å². The third kappa shape index (κ3) is 5.51. The van der Waals surface area contributed by atoms with E-state index in [1.807, 2.05) is 57.2 Å². The van der Waals surface area contributed by atoms with E-state index in [9.17, 15) is 9.18 Å². The Morgan fingerprint density at radius 1 is 1.07 bits per heavy atom. The number of hydrogen-bond acceptors (Lipinski definition) is 2. The van der Waals surface area contributed by atoms with Crippen molar-refractivity contribution in [3.05, 3.63) is 82.3 Å². The van der Waals surface area contributed by atoms with E-state index in [0.717, 1.165) is 21.3 Å². The first-order chi connectivity index (χ1) is 13.8. The normalized spacial score (nSPS) is 12.1. The van der Waals surface area contributed by atoms with Crippen LogP contribution in [0.2, 0.25) is 0 Å². The number of aryl methyl sites for hydroxylation is 1. The molecule has 1 heterocycles. The molecule has 3 nitrogen and oxygen atoms in total. The Kier molecular flexibility index (Phi) is 6.80. The number of pyridine rings is 1. The zero-order valence-corrected chi connectivity index (χ0v) is 18.3. The van der Waals surface area contributed by atoms with E-state index in [1.54, 1.807) is 18.3 Å². The molecule has 0 saturated carbocycles. The van der Waals surface area contributed by atoms with Crippen LogP contribution in [0.5, 0.6) is 0 Å². The van der Waals surface area contributed by atoms with Crippen molar-refractivity contribution in [2.45, 2.75) is 33.1 Å². The number of hydrogen-bond donors (Lipinski definition) is 1. The van der Waals surface area contributed by atoms with Crippen LogP contribution in [0, 0.1) is 18.7 Å². The van der Waals surface area contributed by atoms with Crippen LogP contribution in [0.3, 0.4) is 0 Å². The number of anilines is 1. The second-order valence-corrected chi connectivity index (χ2v) is 8.52. The minimum absolute atomic E-state index is 0.205. The van der Waals surface area contributed by atoms with E-state index in [2.05, 4.69) is 26.2 Å². The molecule has 0 spiro atoms. The van der Waals surface area contributed by atoms with Gasteiger partial charge in [0.1, 0.15) is 5.82 Å². The summed E-state index contributed by atoms with van der Waals surface area (Å²) in [5.41, 5.74) is 4.17. The van der Waals surface area contributed by atoms with Crippen molar-refractivity contribution in [2.75, 3.05) is 5.32 Å². The van der Waals surface area contributed by atoms with E-state index >= 15 is 0 Å². The molecule has 0 saturated heterocycles. The lowest BCUT2D eigenvalue weighted by atomic mass is 9.89. The average molecular weight is 455 g/mol. The number of halogens is 2. The Bertz CT molecular complexity index is 1000. The Morgan fingerprint density at radius 2 is 1.79 bits per heavy atom. The van der Waals surface area contributed by atoms with E-state index < -0.39 is 5.92 Å². The molecule has 0 aliphatic rings. The Balaban J connectivity index is 1.81. The van der Waals surface area contributed by atoms with E-state index in [4.69, 9.17) is 0 Å². The third-order valence-corrected chi connectivity index (χ3v) is 5.23. The van der Waals surface area contributed by atoms with Gasteiger partial charge < -0.3 is 5.32 Å². The van der Waals surface area contributed by atoms with Gasteiger partial charge in [-0.1, -0.05) is 41.9 Å². The summed E-state index contributed by atoms with van der Waals surface area (Å²) in [5, 5.41) is 2.95. The molecule has 1 unspecified atom stereocenters. The lowest BCUT2D eigenvalue weighted by Crippen LogP contribution is -2.23. The first-order valence-corrected chi connectivity index (χ1v) is 10.4. The highest BCUT2D eigenvalue weighted by atomic mass is 79.9. The Hall–Kier alpha value is -2.53. The van der Waals surface area contributed by atoms with Crippen molar-refractivity contribution in [1.82, 2.24) is 4.98 Å². The minimum atomic E-state index is -0.560. The van der Waals surface area contributed by atoms with Gasteiger partial charge in [-0.15, -0.1) is 0 Å². The molecule has 1 N–H and O–H groups in total. The summed E-state index contributed by atoms with van der Waals surface area (Å²) in [5.74, 6) is -0.878. The molecule has 3 rings (SSSR count). The number of amides is 1. The summed E-state index contributed by atoms with van der Waals surface area (Å²) < 4.78 is 15.2. The smallest absolute Gasteiger partial charge is 0.232 e. The highest BCUT2D eigenvalue weighted by Gasteiger charge is 2.25. The molecular weight excluding hydrogens is 431 g/mol. The van der Waals surface area contributed by atoms with Crippen LogP contribution in [0.4, 0.5) is 10.1 Å². The summed E-state index contributed by atoms with van der Waals surface area (Å²) in [6, 6.07) is 16.4. The molecule has 0 radical (unpaired) electrons. The quantitative estimate of drug-likeness (QED) is 0.448. The monoisotopic (exact) mass is 454 g/mol. The molecule has 2 aromatic carbocycles. The fourth-order valence-corrected chi connectivity index (χ4v) is 3.71. The van der Waals surface area contributed by atoms with E-state index in [1.165, 1.54) is 6.07 Å². The lowest BCUT2D eigenvalue weighted by molar-refractivity contribution is -0.118. The van der Waals surface area contributed by atoms with Crippen molar-refractivity contribution >= 4 is 27.5 Å². The molecule has 3 aromatic rings. The molecule has 5 heteroatoms. The van der Waals surface area contributed by atoms with Crippen LogP contribution in [0.1, 0.15) is 37.4 Å². The van der Waals surface area contributed by atoms with Crippen LogP contribution in [-0.2, 0) is 4.79 Å². The van der Waals surface area contributed by atoms with Crippen LogP contribution < -0.4 is 5.32 Å². The maximum atomic E-state index is 14.4. The Labute approximate surface area is 179 Å². The van der Waals surface area contributed by atoms with Crippen molar-refractivity contribution in [1.29, 1.82) is 0 Å². The van der Waals surface area contributed by atoms with Gasteiger partial charge in [-0.2, -0.15) is 0 Å². The first kappa shape index (κ1) is 21.2. The van der Waals surface area contributed by atoms with Gasteiger partial charge in [-0.25, -0.2) is 4.39 Å². The predicted octanol–water partition coefficient (Wildman–Crippen LogP) is 6.73. The molecule has 0 fully saturated rings. The zero-order chi connectivity index (χ0) is 21.0. The number of nitrogens with zero attached hydrogens (tertiary/aromatic N) is 1. The molecule has 0 bridgehead atoms. The standard InChI is InChI=1S/C24H24BrFN2O/c1-15(2)12-22(21-14-19(25)6-9-23(21)26)24(29)28-20-7-4-17(5-8-20)18-10-11-27-16(3)13-18/h4-11,13-15,22H,12H2,1-3H3,(H,28,29). The SMILES string of the molecule is Cc1cc(-c2ccc(NC(=O)C(CC(C)C)c3cc(Br)ccc3F)cc2)ccn1. The van der Waals surface area contributed by atoms with Gasteiger partial charge in [0.15, 0.2) is 0 Å². The maximum absolute atomic E-state index is 14.4. The highest BCUT2D eigenvalue weighted by Crippen LogP contribution is 2.30. The van der Waals surface area contributed by atoms with Gasteiger partial charge in [-0.05, 0) is 72.9 Å². The summed E-state index contributed by atoms with van der Waals surface area (Å²) in [6.07, 6.45) is 2.34. The van der Waals surface area contributed by atoms with Crippen molar-refractivity contribution in [3.63, 3.8) is 0 Å². The molecule has 0 aliphatic heterocycles. The number of aromatic nitrogens is 1. The molecule has 1 amide bonds. The molecule has 1 atom stereocenters. The second-order valence-electron chi connectivity index (χ2n) is 7.60. The summed E-state index contributed by atoms with van der Waals surface area (Å²) in [6.45, 7) is 6.01. The van der Waals surface area contributed by atoms with Gasteiger partial charge in [0, 0.05) is 27.6 Å². The van der Waals surface area contributed by atoms with Crippen molar-refractivity contribution in [3.8, 4) is 11.1 Å². The van der Waals surface area contributed by atoms with Gasteiger partial charge in [0.05, 0.1) is 5.92 Å². The van der Waals surface area contributed by atoms with Crippen molar-refractivity contribution < 1.29 is 9.18 Å². The zero-order valence-electron chi connectivity index (χ0n) is 16.7. The minimum Gasteiger partial charge on any atom is -0.326 e. The molecule has 0 aliphatic carbocycles. The van der Waals surface area contributed by atoms with Crippen LogP contribution in [-0.4, -0.2) is 10.9 Å². The van der Waals surface area contributed by atoms with Crippen LogP contribution in [0.15, 0.2) is 65.3 Å². The molecule has 150 valence electrons. The number of carbonyl (C=O) groups excluding carboxylic acids is 1. The summed E-state index contributed by atoms with van der Waals surface area (Å²) in [4.78, 5) is 17.2. The summed E-state index contributed by atoms with van der Waals surface area (Å²) in [7, 11) is 0. The van der Waals surface area contributed by atoms with Gasteiger partial charge in [0.25, 0.3) is 0 Å². The number of nitrogens with one attached hydrogen (secondary N) is 1. The lowest BCUT2D eigenvalue weighted by Gasteiger charge is -2.20. The molecule has 1 aromatic heterocycles. The van der Waals surface area contributed by atoms with Crippen LogP contribution in [0.25, 0.3) is 11.1 Å². The molecule has 29 heavy (non-hydrogen) atoms. The molecular formula is C24H24BrFN2O. The maximum Gasteiger partial charge on any atom is 0.232 e. The van der Waals surface area contributed by atoms with E-state index in [-0.39, 0.29) is 17.6 Å². The number of benzene rings is 2. The highest BCUT2D eigenvalue weighted by molar-refractivity contribution is 9.10. The predicted molar refractivity (Wildman–Crippen MR) is 119 cm³/mol. The first-order valence-electron chi connectivity index (χ1n) is 9.62. The average Bonchev–Trinajstić information content (AvgIpc) is 2.68. The third-order valence-electron chi connectivity index (χ3n) is 4.74.